The largest absolute Gasteiger partial charge is 0.476 e. The number of carbonyl (C=O) groups is 1. The van der Waals surface area contributed by atoms with E-state index in [2.05, 4.69) is 15.3 Å². The molecule has 0 saturated heterocycles. The number of hydrogen-bond donors (Lipinski definition) is 2. The Balaban J connectivity index is 2.24. The third-order valence-corrected chi connectivity index (χ3v) is 2.30. The molecule has 2 aromatic heterocycles. The van der Waals surface area contributed by atoms with E-state index in [1.54, 1.807) is 12.1 Å². The van der Waals surface area contributed by atoms with Gasteiger partial charge in [-0.1, -0.05) is 16.8 Å². The van der Waals surface area contributed by atoms with Crippen LogP contribution in [-0.2, 0) is 6.54 Å². The van der Waals surface area contributed by atoms with Crippen LogP contribution in [0.1, 0.15) is 16.2 Å². The molecule has 0 radical (unpaired) electrons. The quantitative estimate of drug-likeness (QED) is 0.832. The highest BCUT2D eigenvalue weighted by Crippen LogP contribution is 2.11. The lowest BCUT2D eigenvalue weighted by Gasteiger charge is -2.02. The predicted molar refractivity (Wildman–Crippen MR) is 59.7 cm³/mol. The molecule has 8 heteroatoms. The predicted octanol–water partition coefficient (Wildman–Crippen LogP) is 0.655. The van der Waals surface area contributed by atoms with Gasteiger partial charge in [0.15, 0.2) is 5.82 Å². The zero-order chi connectivity index (χ0) is 12.4. The van der Waals surface area contributed by atoms with Crippen molar-refractivity contribution in [3.05, 3.63) is 34.7 Å². The summed E-state index contributed by atoms with van der Waals surface area (Å²) in [4.78, 5) is 14.7. The summed E-state index contributed by atoms with van der Waals surface area (Å²) < 4.78 is 1.26. The fourth-order valence-electron chi connectivity index (χ4n) is 1.24. The first kappa shape index (κ1) is 11.3. The molecule has 2 aromatic rings. The average molecular weight is 254 g/mol. The smallest absolute Gasteiger partial charge is 0.360 e. The summed E-state index contributed by atoms with van der Waals surface area (Å²) in [6.45, 7) is 0.239. The van der Waals surface area contributed by atoms with E-state index in [9.17, 15) is 4.79 Å². The molecule has 0 aliphatic heterocycles. The Hall–Kier alpha value is -2.15. The lowest BCUT2D eigenvalue weighted by molar-refractivity contribution is 0.0691. The van der Waals surface area contributed by atoms with Crippen molar-refractivity contribution >= 4 is 23.4 Å². The van der Waals surface area contributed by atoms with Crippen LogP contribution in [0.5, 0.6) is 0 Å². The second-order valence-electron chi connectivity index (χ2n) is 3.25. The molecule has 0 fully saturated rings. The van der Waals surface area contributed by atoms with Gasteiger partial charge in [-0.05, 0) is 12.1 Å². The molecular weight excluding hydrogens is 246 g/mol. The summed E-state index contributed by atoms with van der Waals surface area (Å²) in [6.07, 6.45) is 1.49. The maximum atomic E-state index is 10.7. The topological polar surface area (TPSA) is 107 Å². The third kappa shape index (κ3) is 2.34. The first-order valence-corrected chi connectivity index (χ1v) is 4.98. The number of pyridine rings is 1. The molecule has 0 saturated carbocycles. The summed E-state index contributed by atoms with van der Waals surface area (Å²) >= 11 is 5.69. The second kappa shape index (κ2) is 4.38. The maximum absolute atomic E-state index is 10.7. The van der Waals surface area contributed by atoms with Crippen molar-refractivity contribution in [1.82, 2.24) is 20.0 Å². The van der Waals surface area contributed by atoms with Gasteiger partial charge in [-0.3, -0.25) is 4.98 Å². The number of aromatic carboxylic acids is 1. The summed E-state index contributed by atoms with van der Waals surface area (Å²) in [5.41, 5.74) is 5.98. The molecule has 2 heterocycles. The molecular formula is C9H8ClN5O2. The van der Waals surface area contributed by atoms with Gasteiger partial charge in [0.1, 0.15) is 0 Å². The lowest BCUT2D eigenvalue weighted by atomic mass is 10.3. The van der Waals surface area contributed by atoms with Gasteiger partial charge in [-0.15, -0.1) is 5.10 Å². The molecule has 17 heavy (non-hydrogen) atoms. The van der Waals surface area contributed by atoms with Gasteiger partial charge in [0.25, 0.3) is 0 Å². The number of carboxylic acids is 1. The van der Waals surface area contributed by atoms with Crippen LogP contribution in [0.15, 0.2) is 18.3 Å². The van der Waals surface area contributed by atoms with Crippen LogP contribution in [0.25, 0.3) is 0 Å². The number of halogens is 1. The third-order valence-electron chi connectivity index (χ3n) is 2.08. The van der Waals surface area contributed by atoms with E-state index < -0.39 is 5.97 Å². The van der Waals surface area contributed by atoms with E-state index in [0.29, 0.717) is 10.7 Å². The fraction of sp³-hybridized carbons (Fsp3) is 0.111. The van der Waals surface area contributed by atoms with E-state index >= 15 is 0 Å². The van der Waals surface area contributed by atoms with Crippen molar-refractivity contribution in [3.63, 3.8) is 0 Å². The molecule has 0 atom stereocenters. The van der Waals surface area contributed by atoms with Crippen molar-refractivity contribution in [2.75, 3.05) is 5.73 Å². The van der Waals surface area contributed by atoms with Gasteiger partial charge < -0.3 is 10.8 Å². The first-order valence-electron chi connectivity index (χ1n) is 4.60. The van der Waals surface area contributed by atoms with Gasteiger partial charge in [-0.2, -0.15) is 0 Å². The molecule has 0 unspecified atom stereocenters. The number of carboxylic acid groups (broad SMARTS) is 1. The summed E-state index contributed by atoms with van der Waals surface area (Å²) in [5, 5.41) is 16.4. The number of rotatable bonds is 3. The first-order chi connectivity index (χ1) is 8.08. The number of hydrogen-bond acceptors (Lipinski definition) is 5. The molecule has 0 aliphatic rings. The Morgan fingerprint density at radius 3 is 2.82 bits per heavy atom. The second-order valence-corrected chi connectivity index (χ2v) is 3.69. The highest BCUT2D eigenvalue weighted by molar-refractivity contribution is 6.30. The number of nitrogens with two attached hydrogens (primary N) is 1. The van der Waals surface area contributed by atoms with E-state index in [1.807, 2.05) is 0 Å². The van der Waals surface area contributed by atoms with Crippen LogP contribution in [0.3, 0.4) is 0 Å². The number of aromatic nitrogens is 4. The number of nitrogen functional groups attached to an aromatic ring is 1. The van der Waals surface area contributed by atoms with E-state index in [1.165, 1.54) is 10.9 Å². The monoisotopic (exact) mass is 253 g/mol. The van der Waals surface area contributed by atoms with Crippen molar-refractivity contribution in [2.45, 2.75) is 6.54 Å². The molecule has 0 amide bonds. The van der Waals surface area contributed by atoms with Crippen LogP contribution in [0.4, 0.5) is 5.82 Å². The van der Waals surface area contributed by atoms with Crippen LogP contribution in [-0.4, -0.2) is 31.1 Å². The van der Waals surface area contributed by atoms with E-state index in [-0.39, 0.29) is 18.1 Å². The summed E-state index contributed by atoms with van der Waals surface area (Å²) in [5.74, 6) is -1.22. The Bertz CT molecular complexity index is 551. The Morgan fingerprint density at radius 2 is 2.29 bits per heavy atom. The molecule has 0 aliphatic carbocycles. The van der Waals surface area contributed by atoms with Crippen LogP contribution in [0, 0.1) is 0 Å². The Morgan fingerprint density at radius 1 is 1.53 bits per heavy atom. The normalized spacial score (nSPS) is 10.4. The van der Waals surface area contributed by atoms with Crippen molar-refractivity contribution in [1.29, 1.82) is 0 Å². The molecule has 88 valence electrons. The van der Waals surface area contributed by atoms with Crippen LogP contribution in [0.2, 0.25) is 5.02 Å². The standard InChI is InChI=1S/C9H8ClN5O2/c10-5-1-2-6(12-3-5)4-15-8(11)7(9(16)17)13-14-15/h1-3H,4,11H2,(H,16,17). The summed E-state index contributed by atoms with van der Waals surface area (Å²) in [7, 11) is 0. The summed E-state index contributed by atoms with van der Waals surface area (Å²) in [6, 6.07) is 3.37. The van der Waals surface area contributed by atoms with E-state index in [0.717, 1.165) is 0 Å². The van der Waals surface area contributed by atoms with Crippen molar-refractivity contribution in [2.24, 2.45) is 0 Å². The molecule has 0 spiro atoms. The van der Waals surface area contributed by atoms with E-state index in [4.69, 9.17) is 22.4 Å². The van der Waals surface area contributed by atoms with Crippen LogP contribution < -0.4 is 5.73 Å². The SMILES string of the molecule is Nc1c(C(=O)O)nnn1Cc1ccc(Cl)cn1. The zero-order valence-electron chi connectivity index (χ0n) is 8.54. The highest BCUT2D eigenvalue weighted by atomic mass is 35.5. The van der Waals surface area contributed by atoms with Gasteiger partial charge >= 0.3 is 5.97 Å². The zero-order valence-corrected chi connectivity index (χ0v) is 9.29. The number of nitrogens with zero attached hydrogens (tertiary/aromatic N) is 4. The average Bonchev–Trinajstić information content (AvgIpc) is 2.64. The van der Waals surface area contributed by atoms with Gasteiger partial charge in [0, 0.05) is 6.20 Å². The molecule has 3 N–H and O–H groups in total. The molecule has 2 rings (SSSR count). The molecule has 0 bridgehead atoms. The van der Waals surface area contributed by atoms with Crippen molar-refractivity contribution in [3.8, 4) is 0 Å². The maximum Gasteiger partial charge on any atom is 0.360 e. The van der Waals surface area contributed by atoms with Gasteiger partial charge in [0.2, 0.25) is 5.69 Å². The number of anilines is 1. The highest BCUT2D eigenvalue weighted by Gasteiger charge is 2.16. The minimum atomic E-state index is -1.21. The van der Waals surface area contributed by atoms with Gasteiger partial charge in [0.05, 0.1) is 17.3 Å². The Labute approximate surface area is 101 Å². The molecule has 0 aromatic carbocycles. The Kier molecular flexibility index (Phi) is 2.92. The molecule has 7 nitrogen and oxygen atoms in total. The minimum Gasteiger partial charge on any atom is -0.476 e. The minimum absolute atomic E-state index is 0.00532. The van der Waals surface area contributed by atoms with Crippen LogP contribution >= 0.6 is 11.6 Å². The lowest BCUT2D eigenvalue weighted by Crippen LogP contribution is -2.09. The van der Waals surface area contributed by atoms with Gasteiger partial charge in [-0.25, -0.2) is 9.48 Å². The van der Waals surface area contributed by atoms with Crippen molar-refractivity contribution < 1.29 is 9.90 Å². The fourth-order valence-corrected chi connectivity index (χ4v) is 1.35.